The number of hydrogen-bond donors (Lipinski definition) is 1. The average molecular weight is 168 g/mol. The Labute approximate surface area is 75.5 Å². The minimum Gasteiger partial charge on any atom is -0.393 e. The quantitative estimate of drug-likeness (QED) is 0.597. The fraction of sp³-hybridized carbons (Fsp3) is 0.818. The van der Waals surface area contributed by atoms with Gasteiger partial charge in [0.2, 0.25) is 0 Å². The predicted octanol–water partition coefficient (Wildman–Crippen LogP) is 2.75. The second kappa shape index (κ2) is 4.08. The summed E-state index contributed by atoms with van der Waals surface area (Å²) in [5.41, 5.74) is 1.33. The monoisotopic (exact) mass is 168 g/mol. The molecule has 1 rings (SSSR count). The second-order valence-electron chi connectivity index (χ2n) is 4.30. The van der Waals surface area contributed by atoms with Crippen molar-refractivity contribution in [3.8, 4) is 0 Å². The van der Waals surface area contributed by atoms with Gasteiger partial charge in [-0.25, -0.2) is 0 Å². The third-order valence-electron chi connectivity index (χ3n) is 2.79. The van der Waals surface area contributed by atoms with Crippen LogP contribution in [0.3, 0.4) is 0 Å². The molecule has 0 amide bonds. The van der Waals surface area contributed by atoms with Crippen molar-refractivity contribution in [1.29, 1.82) is 0 Å². The average Bonchev–Trinajstić information content (AvgIpc) is 1.97. The Morgan fingerprint density at radius 2 is 2.00 bits per heavy atom. The topological polar surface area (TPSA) is 20.2 Å². The molecule has 1 aliphatic rings. The van der Waals surface area contributed by atoms with Gasteiger partial charge in [-0.3, -0.25) is 0 Å². The molecule has 0 heterocycles. The maximum Gasteiger partial charge on any atom is 0.0605 e. The van der Waals surface area contributed by atoms with Gasteiger partial charge < -0.3 is 5.11 Å². The maximum atomic E-state index is 9.74. The molecule has 0 saturated heterocycles. The number of aliphatic hydroxyl groups is 1. The summed E-state index contributed by atoms with van der Waals surface area (Å²) in [5.74, 6) is 1.06. The van der Waals surface area contributed by atoms with Crippen LogP contribution in [-0.2, 0) is 0 Å². The van der Waals surface area contributed by atoms with Gasteiger partial charge in [0.1, 0.15) is 0 Å². The van der Waals surface area contributed by atoms with Crippen LogP contribution in [0.2, 0.25) is 0 Å². The van der Waals surface area contributed by atoms with E-state index < -0.39 is 0 Å². The summed E-state index contributed by atoms with van der Waals surface area (Å²) >= 11 is 0. The highest BCUT2D eigenvalue weighted by molar-refractivity contribution is 5.02. The third-order valence-corrected chi connectivity index (χ3v) is 2.79. The molecule has 1 nitrogen and oxygen atoms in total. The van der Waals surface area contributed by atoms with Crippen LogP contribution in [0.1, 0.15) is 40.0 Å². The molecule has 0 bridgehead atoms. The molecule has 3 atom stereocenters. The van der Waals surface area contributed by atoms with Gasteiger partial charge in [-0.15, -0.1) is 0 Å². The van der Waals surface area contributed by atoms with E-state index in [1.54, 1.807) is 0 Å². The minimum atomic E-state index is -0.0938. The smallest absolute Gasteiger partial charge is 0.0605 e. The molecule has 1 aliphatic carbocycles. The molecule has 1 heteroatoms. The van der Waals surface area contributed by atoms with E-state index in [2.05, 4.69) is 26.8 Å². The maximum absolute atomic E-state index is 9.74. The van der Waals surface area contributed by atoms with Gasteiger partial charge in [-0.05, 0) is 32.6 Å². The van der Waals surface area contributed by atoms with Crippen molar-refractivity contribution in [3.63, 3.8) is 0 Å². The summed E-state index contributed by atoms with van der Waals surface area (Å²) in [7, 11) is 0. The molecule has 1 fully saturated rings. The van der Waals surface area contributed by atoms with Gasteiger partial charge in [0.25, 0.3) is 0 Å². The molecule has 0 aromatic carbocycles. The molecule has 3 unspecified atom stereocenters. The Hall–Kier alpha value is -0.300. The van der Waals surface area contributed by atoms with Crippen LogP contribution in [0.4, 0.5) is 0 Å². The van der Waals surface area contributed by atoms with Gasteiger partial charge in [-0.2, -0.15) is 0 Å². The van der Waals surface area contributed by atoms with Crippen molar-refractivity contribution in [1.82, 2.24) is 0 Å². The lowest BCUT2D eigenvalue weighted by molar-refractivity contribution is 0.0631. The predicted molar refractivity (Wildman–Crippen MR) is 51.9 cm³/mol. The first-order valence-electron chi connectivity index (χ1n) is 4.94. The van der Waals surface area contributed by atoms with Gasteiger partial charge in [0, 0.05) is 5.92 Å². The van der Waals surface area contributed by atoms with Crippen LogP contribution in [0, 0.1) is 11.8 Å². The Morgan fingerprint density at radius 3 is 2.50 bits per heavy atom. The zero-order valence-corrected chi connectivity index (χ0v) is 8.38. The summed E-state index contributed by atoms with van der Waals surface area (Å²) in [6, 6.07) is 0. The highest BCUT2D eigenvalue weighted by Gasteiger charge is 2.26. The van der Waals surface area contributed by atoms with Crippen LogP contribution in [0.25, 0.3) is 0 Å². The fourth-order valence-electron chi connectivity index (χ4n) is 2.07. The molecule has 0 radical (unpaired) electrons. The number of allylic oxidation sites excluding steroid dienone is 1. The molecule has 0 aromatic heterocycles. The van der Waals surface area contributed by atoms with E-state index in [4.69, 9.17) is 0 Å². The first-order valence-corrected chi connectivity index (χ1v) is 4.94. The summed E-state index contributed by atoms with van der Waals surface area (Å²) in [6.45, 7) is 6.45. The molecule has 0 aromatic rings. The SMILES string of the molecule is CC(C)=CC1C(C)CCCC1O. The molecule has 12 heavy (non-hydrogen) atoms. The van der Waals surface area contributed by atoms with E-state index in [1.807, 2.05) is 0 Å². The molecule has 0 spiro atoms. The van der Waals surface area contributed by atoms with E-state index in [0.717, 1.165) is 6.42 Å². The lowest BCUT2D eigenvalue weighted by Gasteiger charge is -2.31. The number of aliphatic hydroxyl groups excluding tert-OH is 1. The number of hydrogen-bond acceptors (Lipinski definition) is 1. The van der Waals surface area contributed by atoms with Gasteiger partial charge in [-0.1, -0.05) is 25.0 Å². The van der Waals surface area contributed by atoms with Crippen molar-refractivity contribution in [3.05, 3.63) is 11.6 Å². The lowest BCUT2D eigenvalue weighted by atomic mass is 9.77. The molecular weight excluding hydrogens is 148 g/mol. The fourth-order valence-corrected chi connectivity index (χ4v) is 2.07. The molecule has 1 N–H and O–H groups in total. The van der Waals surface area contributed by atoms with Gasteiger partial charge in [0.05, 0.1) is 6.10 Å². The van der Waals surface area contributed by atoms with Crippen molar-refractivity contribution in [2.24, 2.45) is 11.8 Å². The van der Waals surface area contributed by atoms with E-state index >= 15 is 0 Å². The Morgan fingerprint density at radius 1 is 1.33 bits per heavy atom. The highest BCUT2D eigenvalue weighted by atomic mass is 16.3. The molecule has 1 saturated carbocycles. The number of rotatable bonds is 1. The summed E-state index contributed by atoms with van der Waals surface area (Å²) in [6.07, 6.45) is 5.58. The van der Waals surface area contributed by atoms with Gasteiger partial charge >= 0.3 is 0 Å². The largest absolute Gasteiger partial charge is 0.393 e. The van der Waals surface area contributed by atoms with Crippen molar-refractivity contribution >= 4 is 0 Å². The lowest BCUT2D eigenvalue weighted by Crippen LogP contribution is -2.29. The van der Waals surface area contributed by atoms with E-state index in [-0.39, 0.29) is 6.10 Å². The minimum absolute atomic E-state index is 0.0938. The standard InChI is InChI=1S/C11H20O/c1-8(2)7-10-9(3)5-4-6-11(10)12/h7,9-12H,4-6H2,1-3H3. The van der Waals surface area contributed by atoms with Crippen molar-refractivity contribution in [2.75, 3.05) is 0 Å². The molecule has 70 valence electrons. The van der Waals surface area contributed by atoms with Crippen molar-refractivity contribution < 1.29 is 5.11 Å². The van der Waals surface area contributed by atoms with Crippen LogP contribution in [0.5, 0.6) is 0 Å². The molecular formula is C11H20O. The Kier molecular flexibility index (Phi) is 3.33. The van der Waals surface area contributed by atoms with Crippen LogP contribution in [-0.4, -0.2) is 11.2 Å². The summed E-state index contributed by atoms with van der Waals surface area (Å²) in [4.78, 5) is 0. The normalized spacial score (nSPS) is 36.2. The highest BCUT2D eigenvalue weighted by Crippen LogP contribution is 2.31. The van der Waals surface area contributed by atoms with Crippen LogP contribution >= 0.6 is 0 Å². The van der Waals surface area contributed by atoms with E-state index in [1.165, 1.54) is 18.4 Å². The Balaban J connectivity index is 2.63. The van der Waals surface area contributed by atoms with Crippen LogP contribution < -0.4 is 0 Å². The molecule has 0 aliphatic heterocycles. The van der Waals surface area contributed by atoms with E-state index in [0.29, 0.717) is 11.8 Å². The summed E-state index contributed by atoms with van der Waals surface area (Å²) in [5, 5.41) is 9.74. The first kappa shape index (κ1) is 9.79. The van der Waals surface area contributed by atoms with E-state index in [9.17, 15) is 5.11 Å². The van der Waals surface area contributed by atoms with Crippen molar-refractivity contribution in [2.45, 2.75) is 46.1 Å². The Bertz CT molecular complexity index is 158. The second-order valence-corrected chi connectivity index (χ2v) is 4.30. The van der Waals surface area contributed by atoms with Gasteiger partial charge in [0.15, 0.2) is 0 Å². The first-order chi connectivity index (χ1) is 5.61. The zero-order valence-electron chi connectivity index (χ0n) is 8.38. The third kappa shape index (κ3) is 2.34. The zero-order chi connectivity index (χ0) is 9.14. The summed E-state index contributed by atoms with van der Waals surface area (Å²) < 4.78 is 0. The van der Waals surface area contributed by atoms with Crippen LogP contribution in [0.15, 0.2) is 11.6 Å².